The van der Waals surface area contributed by atoms with Gasteiger partial charge in [0, 0.05) is 5.54 Å². The van der Waals surface area contributed by atoms with Gasteiger partial charge in [-0.3, -0.25) is 4.79 Å². The summed E-state index contributed by atoms with van der Waals surface area (Å²) in [4.78, 5) is 11.9. The Morgan fingerprint density at radius 2 is 1.59 bits per heavy atom. The van der Waals surface area contributed by atoms with E-state index in [4.69, 9.17) is 5.73 Å². The molecule has 1 amide bonds. The maximum Gasteiger partial charge on any atom is 0.411 e. The molecule has 17 heavy (non-hydrogen) atoms. The van der Waals surface area contributed by atoms with Gasteiger partial charge in [0.05, 0.1) is 5.41 Å². The maximum absolute atomic E-state index is 12.7. The minimum atomic E-state index is -4.39. The Morgan fingerprint density at radius 1 is 1.18 bits per heavy atom. The molecule has 1 saturated carbocycles. The van der Waals surface area contributed by atoms with Gasteiger partial charge < -0.3 is 11.1 Å². The zero-order valence-corrected chi connectivity index (χ0v) is 10.5. The number of carbonyl (C=O) groups is 1. The predicted molar refractivity (Wildman–Crippen MR) is 58.2 cm³/mol. The molecule has 0 aromatic heterocycles. The lowest BCUT2D eigenvalue weighted by Gasteiger charge is -2.38. The average Bonchev–Trinajstić information content (AvgIpc) is 2.81. The molecule has 3 N–H and O–H groups in total. The summed E-state index contributed by atoms with van der Waals surface area (Å²) in [7, 11) is 0. The molecule has 100 valence electrons. The Morgan fingerprint density at radius 3 is 1.82 bits per heavy atom. The lowest BCUT2D eigenvalue weighted by atomic mass is 9.74. The van der Waals surface area contributed by atoms with Gasteiger partial charge in [-0.25, -0.2) is 0 Å². The van der Waals surface area contributed by atoms with Crippen molar-refractivity contribution in [2.45, 2.75) is 57.8 Å². The molecule has 0 radical (unpaired) electrons. The van der Waals surface area contributed by atoms with Gasteiger partial charge in [0.25, 0.3) is 0 Å². The van der Waals surface area contributed by atoms with Crippen LogP contribution in [0.5, 0.6) is 0 Å². The molecule has 3 nitrogen and oxygen atoms in total. The topological polar surface area (TPSA) is 55.1 Å². The lowest BCUT2D eigenvalue weighted by molar-refractivity contribution is -0.173. The highest BCUT2D eigenvalue weighted by atomic mass is 19.4. The minimum Gasteiger partial charge on any atom is -0.341 e. The van der Waals surface area contributed by atoms with Crippen LogP contribution >= 0.6 is 0 Å². The van der Waals surface area contributed by atoms with Crippen LogP contribution in [0.4, 0.5) is 13.2 Å². The fourth-order valence-corrected chi connectivity index (χ4v) is 1.27. The second-order valence-corrected chi connectivity index (χ2v) is 5.88. The first-order valence-electron chi connectivity index (χ1n) is 5.52. The Balaban J connectivity index is 2.82. The average molecular weight is 252 g/mol. The van der Waals surface area contributed by atoms with Crippen LogP contribution in [0.15, 0.2) is 0 Å². The molecule has 1 rings (SSSR count). The molecule has 1 aliphatic rings. The quantitative estimate of drug-likeness (QED) is 0.806. The summed E-state index contributed by atoms with van der Waals surface area (Å²) in [6.07, 6.45) is -4.50. The van der Waals surface area contributed by atoms with Crippen LogP contribution in [-0.4, -0.2) is 23.2 Å². The number of rotatable bonds is 3. The highest BCUT2D eigenvalue weighted by Gasteiger charge is 2.65. The minimum absolute atomic E-state index is 0.0523. The molecule has 1 aliphatic carbocycles. The molecule has 0 saturated heterocycles. The number of amides is 1. The van der Waals surface area contributed by atoms with Crippen molar-refractivity contribution in [1.82, 2.24) is 5.32 Å². The highest BCUT2D eigenvalue weighted by molar-refractivity contribution is 5.84. The molecule has 6 heteroatoms. The van der Waals surface area contributed by atoms with Gasteiger partial charge in [-0.15, -0.1) is 0 Å². The van der Waals surface area contributed by atoms with E-state index in [9.17, 15) is 18.0 Å². The van der Waals surface area contributed by atoms with Crippen molar-refractivity contribution >= 4 is 5.91 Å². The Kier molecular flexibility index (Phi) is 3.03. The van der Waals surface area contributed by atoms with E-state index in [1.54, 1.807) is 27.7 Å². The number of hydrogen-bond acceptors (Lipinski definition) is 2. The van der Waals surface area contributed by atoms with Crippen LogP contribution in [0.3, 0.4) is 0 Å². The van der Waals surface area contributed by atoms with Crippen molar-refractivity contribution in [2.75, 3.05) is 0 Å². The summed E-state index contributed by atoms with van der Waals surface area (Å²) >= 11 is 0. The Bertz CT molecular complexity index is 325. The van der Waals surface area contributed by atoms with Gasteiger partial charge >= 0.3 is 6.18 Å². The van der Waals surface area contributed by atoms with Crippen LogP contribution in [0, 0.1) is 5.41 Å². The van der Waals surface area contributed by atoms with E-state index < -0.39 is 28.6 Å². The smallest absolute Gasteiger partial charge is 0.341 e. The van der Waals surface area contributed by atoms with Crippen LogP contribution in [0.1, 0.15) is 40.5 Å². The van der Waals surface area contributed by atoms with Gasteiger partial charge in [0.1, 0.15) is 5.54 Å². The molecule has 1 fully saturated rings. The van der Waals surface area contributed by atoms with E-state index in [-0.39, 0.29) is 12.8 Å². The molecule has 0 aromatic carbocycles. The van der Waals surface area contributed by atoms with Crippen LogP contribution in [0.25, 0.3) is 0 Å². The fourth-order valence-electron chi connectivity index (χ4n) is 1.27. The van der Waals surface area contributed by atoms with Crippen LogP contribution in [-0.2, 0) is 4.79 Å². The highest BCUT2D eigenvalue weighted by Crippen LogP contribution is 2.49. The van der Waals surface area contributed by atoms with Crippen molar-refractivity contribution in [3.63, 3.8) is 0 Å². The summed E-state index contributed by atoms with van der Waals surface area (Å²) in [5.41, 5.74) is 1.85. The van der Waals surface area contributed by atoms with E-state index in [1.807, 2.05) is 0 Å². The van der Waals surface area contributed by atoms with E-state index in [2.05, 4.69) is 5.32 Å². The normalized spacial score (nSPS) is 20.0. The third-order valence-corrected chi connectivity index (χ3v) is 3.82. The van der Waals surface area contributed by atoms with E-state index in [0.717, 1.165) is 0 Å². The number of nitrogens with two attached hydrogens (primary N) is 1. The monoisotopic (exact) mass is 252 g/mol. The summed E-state index contributed by atoms with van der Waals surface area (Å²) < 4.78 is 38.1. The summed E-state index contributed by atoms with van der Waals surface area (Å²) in [5.74, 6) is -0.653. The van der Waals surface area contributed by atoms with Crippen molar-refractivity contribution in [3.05, 3.63) is 0 Å². The van der Waals surface area contributed by atoms with Crippen LogP contribution in [0.2, 0.25) is 0 Å². The van der Waals surface area contributed by atoms with E-state index in [0.29, 0.717) is 0 Å². The number of halogens is 3. The second kappa shape index (κ2) is 3.60. The molecule has 0 aromatic rings. The molecule has 0 atom stereocenters. The zero-order chi connectivity index (χ0) is 13.7. The summed E-state index contributed by atoms with van der Waals surface area (Å²) in [5, 5.41) is 2.11. The van der Waals surface area contributed by atoms with Crippen molar-refractivity contribution in [1.29, 1.82) is 0 Å². The molecule has 0 unspecified atom stereocenters. The predicted octanol–water partition coefficient (Wildman–Crippen LogP) is 1.96. The molecule has 0 bridgehead atoms. The van der Waals surface area contributed by atoms with Crippen molar-refractivity contribution in [2.24, 2.45) is 11.1 Å². The van der Waals surface area contributed by atoms with E-state index in [1.165, 1.54) is 0 Å². The fraction of sp³-hybridized carbons (Fsp3) is 0.909. The third kappa shape index (κ3) is 2.41. The summed E-state index contributed by atoms with van der Waals surface area (Å²) in [6.45, 7) is 6.35. The van der Waals surface area contributed by atoms with Crippen molar-refractivity contribution < 1.29 is 18.0 Å². The van der Waals surface area contributed by atoms with E-state index >= 15 is 0 Å². The first kappa shape index (κ1) is 14.3. The standard InChI is InChI=1S/C11H19F3N2O/c1-8(2,9(3,4)15)7(17)16-10(5-6-10)11(12,13)14/h5-6,15H2,1-4H3,(H,16,17). The molecular formula is C11H19F3N2O. The van der Waals surface area contributed by atoms with Gasteiger partial charge in [0.15, 0.2) is 0 Å². The second-order valence-electron chi connectivity index (χ2n) is 5.88. The first-order valence-corrected chi connectivity index (χ1v) is 5.52. The molecular weight excluding hydrogens is 233 g/mol. The number of nitrogens with one attached hydrogen (secondary N) is 1. The lowest BCUT2D eigenvalue weighted by Crippen LogP contribution is -2.59. The van der Waals surface area contributed by atoms with Crippen LogP contribution < -0.4 is 11.1 Å². The van der Waals surface area contributed by atoms with Gasteiger partial charge in [-0.1, -0.05) is 0 Å². The third-order valence-electron chi connectivity index (χ3n) is 3.82. The molecule has 0 spiro atoms. The molecule has 0 heterocycles. The van der Waals surface area contributed by atoms with Gasteiger partial charge in [-0.2, -0.15) is 13.2 Å². The number of hydrogen-bond donors (Lipinski definition) is 2. The zero-order valence-electron chi connectivity index (χ0n) is 10.5. The number of carbonyl (C=O) groups excluding carboxylic acids is 1. The first-order chi connectivity index (χ1) is 7.33. The molecule has 0 aliphatic heterocycles. The SMILES string of the molecule is CC(C)(N)C(C)(C)C(=O)NC1(C(F)(F)F)CC1. The number of alkyl halides is 3. The largest absolute Gasteiger partial charge is 0.411 e. The van der Waals surface area contributed by atoms with Crippen molar-refractivity contribution in [3.8, 4) is 0 Å². The van der Waals surface area contributed by atoms with Gasteiger partial charge in [0.2, 0.25) is 5.91 Å². The van der Waals surface area contributed by atoms with Gasteiger partial charge in [-0.05, 0) is 40.5 Å². The maximum atomic E-state index is 12.7. The Hall–Kier alpha value is -0.780. The summed E-state index contributed by atoms with van der Waals surface area (Å²) in [6, 6.07) is 0. The Labute approximate surface area is 98.9 Å².